The number of carbonyl (C=O) groups excluding carboxylic acids is 1. The van der Waals surface area contributed by atoms with Crippen LogP contribution in [0.15, 0.2) is 53.2 Å². The molecule has 1 amide bonds. The molecular weight excluding hydrogens is 392 g/mol. The van der Waals surface area contributed by atoms with E-state index in [1.54, 1.807) is 34.5 Å². The number of hydrogen-bond acceptors (Lipinski definition) is 6. The number of ether oxygens (including phenoxy) is 2. The number of aliphatic imine (C=N–C) groups is 1. The number of fused-ring (bicyclic) bond motifs is 1. The molecule has 28 heavy (non-hydrogen) atoms. The molecule has 0 unspecified atom stereocenters. The molecule has 2 aliphatic heterocycles. The molecule has 0 saturated carbocycles. The molecule has 144 valence electrons. The van der Waals surface area contributed by atoms with E-state index in [0.29, 0.717) is 11.4 Å². The number of carbonyl (C=O) groups is 1. The summed E-state index contributed by atoms with van der Waals surface area (Å²) in [5.41, 5.74) is 3.27. The summed E-state index contributed by atoms with van der Waals surface area (Å²) >= 11 is 3.38. The molecule has 0 spiro atoms. The van der Waals surface area contributed by atoms with Gasteiger partial charge in [-0.3, -0.25) is 9.69 Å². The van der Waals surface area contributed by atoms with Crippen LogP contribution in [0.2, 0.25) is 0 Å². The van der Waals surface area contributed by atoms with Gasteiger partial charge < -0.3 is 9.47 Å². The summed E-state index contributed by atoms with van der Waals surface area (Å²) in [5.74, 6) is 3.19. The van der Waals surface area contributed by atoms with Crippen molar-refractivity contribution >= 4 is 46.4 Å². The molecule has 0 N–H and O–H groups in total. The Morgan fingerprint density at radius 2 is 1.89 bits per heavy atom. The maximum absolute atomic E-state index is 13.1. The second-order valence-electron chi connectivity index (χ2n) is 6.35. The predicted octanol–water partition coefficient (Wildman–Crippen LogP) is 4.56. The number of anilines is 1. The maximum Gasteiger partial charge on any atom is 0.283 e. The van der Waals surface area contributed by atoms with E-state index < -0.39 is 0 Å². The second kappa shape index (κ2) is 8.32. The Morgan fingerprint density at radius 1 is 1.11 bits per heavy atom. The molecule has 0 aromatic heterocycles. The first kappa shape index (κ1) is 19.0. The van der Waals surface area contributed by atoms with E-state index in [2.05, 4.69) is 11.2 Å². The smallest absolute Gasteiger partial charge is 0.283 e. The molecular formula is C21H20N2O3S2. The van der Waals surface area contributed by atoms with E-state index in [0.717, 1.165) is 39.2 Å². The predicted molar refractivity (Wildman–Crippen MR) is 117 cm³/mol. The van der Waals surface area contributed by atoms with Crippen molar-refractivity contribution in [2.45, 2.75) is 6.92 Å². The largest absolute Gasteiger partial charge is 0.454 e. The molecule has 2 aliphatic rings. The van der Waals surface area contributed by atoms with E-state index in [1.165, 1.54) is 0 Å². The summed E-state index contributed by atoms with van der Waals surface area (Å²) in [6, 6.07) is 13.6. The van der Waals surface area contributed by atoms with Gasteiger partial charge in [0.15, 0.2) is 16.7 Å². The number of amides is 1. The highest BCUT2D eigenvalue weighted by atomic mass is 32.2. The minimum absolute atomic E-state index is 0.117. The second-order valence-corrected chi connectivity index (χ2v) is 8.40. The normalized spacial score (nSPS) is 16.8. The zero-order valence-electron chi connectivity index (χ0n) is 15.7. The Morgan fingerprint density at radius 3 is 2.68 bits per heavy atom. The Labute approximate surface area is 172 Å². The summed E-state index contributed by atoms with van der Waals surface area (Å²) in [5, 5.41) is 0.717. The van der Waals surface area contributed by atoms with Crippen molar-refractivity contribution in [2.75, 3.05) is 29.5 Å². The molecule has 0 atom stereocenters. The number of thioether (sulfide) groups is 2. The van der Waals surface area contributed by atoms with Gasteiger partial charge in [-0.05, 0) is 49.1 Å². The van der Waals surface area contributed by atoms with Crippen molar-refractivity contribution in [1.82, 2.24) is 0 Å². The maximum atomic E-state index is 13.1. The van der Waals surface area contributed by atoms with E-state index in [-0.39, 0.29) is 12.7 Å². The van der Waals surface area contributed by atoms with Crippen LogP contribution in [0.1, 0.15) is 11.1 Å². The standard InChI is InChI=1S/C21H20N2O3S2/c1-14-3-6-16(7-4-14)23-20(24)17(22-21(23)28-10-9-27-2)11-15-5-8-18-19(12-15)26-13-25-18/h3-8,11-12H,9-10,13H2,1-2H3/b17-11+. The lowest BCUT2D eigenvalue weighted by atomic mass is 10.1. The van der Waals surface area contributed by atoms with E-state index >= 15 is 0 Å². The summed E-state index contributed by atoms with van der Waals surface area (Å²) in [6.45, 7) is 2.26. The van der Waals surface area contributed by atoms with Crippen LogP contribution in [-0.4, -0.2) is 35.6 Å². The SMILES string of the molecule is CSCCSC1=N/C(=C/c2ccc3c(c2)OCO3)C(=O)N1c1ccc(C)cc1. The van der Waals surface area contributed by atoms with Gasteiger partial charge in [0, 0.05) is 11.5 Å². The zero-order chi connectivity index (χ0) is 19.5. The summed E-state index contributed by atoms with van der Waals surface area (Å²) in [6.07, 6.45) is 3.87. The van der Waals surface area contributed by atoms with Crippen LogP contribution in [-0.2, 0) is 4.79 Å². The molecule has 4 rings (SSSR count). The molecule has 0 fully saturated rings. The zero-order valence-corrected chi connectivity index (χ0v) is 17.3. The van der Waals surface area contributed by atoms with E-state index in [4.69, 9.17) is 9.47 Å². The molecule has 7 heteroatoms. The van der Waals surface area contributed by atoms with Crippen LogP contribution in [0, 0.1) is 6.92 Å². The highest BCUT2D eigenvalue weighted by Gasteiger charge is 2.32. The van der Waals surface area contributed by atoms with Crippen LogP contribution >= 0.6 is 23.5 Å². The minimum Gasteiger partial charge on any atom is -0.454 e. The Bertz CT molecular complexity index is 955. The van der Waals surface area contributed by atoms with Gasteiger partial charge in [-0.25, -0.2) is 4.99 Å². The summed E-state index contributed by atoms with van der Waals surface area (Å²) in [7, 11) is 0. The minimum atomic E-state index is -0.117. The van der Waals surface area contributed by atoms with Gasteiger partial charge in [0.1, 0.15) is 5.70 Å². The lowest BCUT2D eigenvalue weighted by molar-refractivity contribution is -0.113. The first-order chi connectivity index (χ1) is 13.7. The lowest BCUT2D eigenvalue weighted by Crippen LogP contribution is -2.30. The molecule has 0 saturated heterocycles. The summed E-state index contributed by atoms with van der Waals surface area (Å²) in [4.78, 5) is 19.5. The van der Waals surface area contributed by atoms with Gasteiger partial charge in [-0.1, -0.05) is 35.5 Å². The van der Waals surface area contributed by atoms with Gasteiger partial charge in [-0.2, -0.15) is 11.8 Å². The highest BCUT2D eigenvalue weighted by Crippen LogP contribution is 2.34. The number of benzene rings is 2. The average molecular weight is 413 g/mol. The third-order valence-corrected chi connectivity index (χ3v) is 6.15. The van der Waals surface area contributed by atoms with Gasteiger partial charge in [-0.15, -0.1) is 0 Å². The fourth-order valence-corrected chi connectivity index (χ4v) is 4.55. The van der Waals surface area contributed by atoms with Crippen molar-refractivity contribution in [3.05, 3.63) is 59.3 Å². The third kappa shape index (κ3) is 3.91. The Hall–Kier alpha value is -2.38. The summed E-state index contributed by atoms with van der Waals surface area (Å²) < 4.78 is 10.8. The van der Waals surface area contributed by atoms with Gasteiger partial charge in [0.25, 0.3) is 5.91 Å². The first-order valence-corrected chi connectivity index (χ1v) is 11.3. The molecule has 2 aromatic rings. The van der Waals surface area contributed by atoms with Crippen LogP contribution in [0.25, 0.3) is 6.08 Å². The van der Waals surface area contributed by atoms with Crippen molar-refractivity contribution in [3.8, 4) is 11.5 Å². The van der Waals surface area contributed by atoms with Crippen molar-refractivity contribution < 1.29 is 14.3 Å². The van der Waals surface area contributed by atoms with Gasteiger partial charge in [0.2, 0.25) is 6.79 Å². The number of amidine groups is 1. The van der Waals surface area contributed by atoms with Crippen molar-refractivity contribution in [1.29, 1.82) is 0 Å². The van der Waals surface area contributed by atoms with Crippen molar-refractivity contribution in [3.63, 3.8) is 0 Å². The third-order valence-electron chi connectivity index (χ3n) is 4.34. The molecule has 0 bridgehead atoms. The van der Waals surface area contributed by atoms with E-state index in [1.807, 2.05) is 49.4 Å². The average Bonchev–Trinajstić information content (AvgIpc) is 3.28. The fourth-order valence-electron chi connectivity index (χ4n) is 2.89. The van der Waals surface area contributed by atoms with Gasteiger partial charge >= 0.3 is 0 Å². The Balaban J connectivity index is 1.65. The fraction of sp³-hybridized carbons (Fsp3) is 0.238. The van der Waals surface area contributed by atoms with Crippen LogP contribution in [0.5, 0.6) is 11.5 Å². The van der Waals surface area contributed by atoms with Crippen LogP contribution < -0.4 is 14.4 Å². The molecule has 0 radical (unpaired) electrons. The van der Waals surface area contributed by atoms with Crippen LogP contribution in [0.3, 0.4) is 0 Å². The van der Waals surface area contributed by atoms with E-state index in [9.17, 15) is 4.79 Å². The van der Waals surface area contributed by atoms with Crippen LogP contribution in [0.4, 0.5) is 5.69 Å². The molecule has 0 aliphatic carbocycles. The number of hydrogen-bond donors (Lipinski definition) is 0. The molecule has 2 aromatic carbocycles. The number of nitrogens with zero attached hydrogens (tertiary/aromatic N) is 2. The number of aryl methyl sites for hydroxylation is 1. The quantitative estimate of drug-likeness (QED) is 0.532. The lowest BCUT2D eigenvalue weighted by Gasteiger charge is -2.17. The van der Waals surface area contributed by atoms with Crippen molar-refractivity contribution in [2.24, 2.45) is 4.99 Å². The molecule has 5 nitrogen and oxygen atoms in total. The number of rotatable bonds is 5. The monoisotopic (exact) mass is 412 g/mol. The Kier molecular flexibility index (Phi) is 5.64. The first-order valence-electron chi connectivity index (χ1n) is 8.88. The highest BCUT2D eigenvalue weighted by molar-refractivity contribution is 8.15. The van der Waals surface area contributed by atoms with Gasteiger partial charge in [0.05, 0.1) is 5.69 Å². The topological polar surface area (TPSA) is 51.1 Å². The molecule has 2 heterocycles.